The van der Waals surface area contributed by atoms with Gasteiger partial charge in [0.05, 0.1) is 12.0 Å². The van der Waals surface area contributed by atoms with Crippen molar-refractivity contribution in [2.45, 2.75) is 26.2 Å². The van der Waals surface area contributed by atoms with Crippen LogP contribution in [0.4, 0.5) is 5.69 Å². The molecule has 152 valence electrons. The van der Waals surface area contributed by atoms with Crippen molar-refractivity contribution in [3.05, 3.63) is 45.9 Å². The van der Waals surface area contributed by atoms with E-state index in [9.17, 15) is 19.2 Å². The van der Waals surface area contributed by atoms with E-state index >= 15 is 0 Å². The predicted molar refractivity (Wildman–Crippen MR) is 105 cm³/mol. The van der Waals surface area contributed by atoms with Crippen LogP contribution in [0.3, 0.4) is 0 Å². The van der Waals surface area contributed by atoms with E-state index in [2.05, 4.69) is 15.8 Å². The number of hydrazine groups is 1. The van der Waals surface area contributed by atoms with Gasteiger partial charge in [0, 0.05) is 29.7 Å². The Kier molecular flexibility index (Phi) is 6.55. The highest BCUT2D eigenvalue weighted by Crippen LogP contribution is 2.22. The smallest absolute Gasteiger partial charge is 0.338 e. The van der Waals surface area contributed by atoms with Crippen LogP contribution in [0.5, 0.6) is 0 Å². The molecule has 0 radical (unpaired) electrons. The van der Waals surface area contributed by atoms with E-state index in [1.54, 1.807) is 29.2 Å². The lowest BCUT2D eigenvalue weighted by atomic mass is 10.2. The summed E-state index contributed by atoms with van der Waals surface area (Å²) < 4.78 is 4.97. The normalized spacial score (nSPS) is 13.3. The van der Waals surface area contributed by atoms with Crippen LogP contribution in [-0.4, -0.2) is 41.8 Å². The zero-order valence-electron chi connectivity index (χ0n) is 15.8. The first-order chi connectivity index (χ1) is 13.9. The Hall–Kier alpha value is -3.27. The minimum atomic E-state index is -0.696. The number of nitrogens with zero attached hydrogens (tertiary/aromatic N) is 2. The Morgan fingerprint density at radius 3 is 2.72 bits per heavy atom. The van der Waals surface area contributed by atoms with Crippen LogP contribution in [0.2, 0.25) is 0 Å². The lowest BCUT2D eigenvalue weighted by Gasteiger charge is -2.16. The molecule has 1 aliphatic rings. The van der Waals surface area contributed by atoms with Gasteiger partial charge in [0.2, 0.25) is 11.8 Å². The molecule has 29 heavy (non-hydrogen) atoms. The van der Waals surface area contributed by atoms with Crippen molar-refractivity contribution in [3.8, 4) is 0 Å². The number of benzene rings is 1. The maximum absolute atomic E-state index is 12.2. The third-order valence-electron chi connectivity index (χ3n) is 4.12. The highest BCUT2D eigenvalue weighted by atomic mass is 32.1. The van der Waals surface area contributed by atoms with E-state index in [-0.39, 0.29) is 17.9 Å². The number of hydrogen-bond acceptors (Lipinski definition) is 7. The highest BCUT2D eigenvalue weighted by molar-refractivity contribution is 7.09. The molecular formula is C19H20N4O5S. The molecule has 0 unspecified atom stereocenters. The summed E-state index contributed by atoms with van der Waals surface area (Å²) in [6, 6.07) is 6.49. The average molecular weight is 416 g/mol. The van der Waals surface area contributed by atoms with E-state index in [1.807, 2.05) is 12.3 Å². The van der Waals surface area contributed by atoms with Crippen molar-refractivity contribution >= 4 is 40.7 Å². The highest BCUT2D eigenvalue weighted by Gasteiger charge is 2.22. The number of ether oxygens (including phenoxy) is 1. The summed E-state index contributed by atoms with van der Waals surface area (Å²) in [6.07, 6.45) is 1.31. The van der Waals surface area contributed by atoms with Gasteiger partial charge in [0.1, 0.15) is 5.01 Å². The summed E-state index contributed by atoms with van der Waals surface area (Å²) in [6.45, 7) is 1.88. The molecular weight excluding hydrogens is 396 g/mol. The van der Waals surface area contributed by atoms with Crippen LogP contribution >= 0.6 is 11.3 Å². The minimum absolute atomic E-state index is 0.0125. The van der Waals surface area contributed by atoms with Crippen LogP contribution in [0, 0.1) is 6.92 Å². The number of nitrogens with one attached hydrogen (secondary N) is 2. The fraction of sp³-hybridized carbons (Fsp3) is 0.316. The maximum atomic E-state index is 12.2. The quantitative estimate of drug-likeness (QED) is 0.538. The molecule has 1 aromatic heterocycles. The van der Waals surface area contributed by atoms with Crippen molar-refractivity contribution in [1.82, 2.24) is 15.8 Å². The summed E-state index contributed by atoms with van der Waals surface area (Å²) in [7, 11) is 0. The van der Waals surface area contributed by atoms with Crippen molar-refractivity contribution in [3.63, 3.8) is 0 Å². The second-order valence-electron chi connectivity index (χ2n) is 6.43. The first-order valence-electron chi connectivity index (χ1n) is 8.98. The van der Waals surface area contributed by atoms with Crippen molar-refractivity contribution < 1.29 is 23.9 Å². The summed E-state index contributed by atoms with van der Waals surface area (Å²) in [5.74, 6) is -1.79. The van der Waals surface area contributed by atoms with E-state index in [0.717, 1.165) is 12.1 Å². The Morgan fingerprint density at radius 2 is 2.03 bits per heavy atom. The van der Waals surface area contributed by atoms with Gasteiger partial charge < -0.3 is 9.64 Å². The first kappa shape index (κ1) is 20.5. The zero-order chi connectivity index (χ0) is 20.8. The largest absolute Gasteiger partial charge is 0.452 e. The van der Waals surface area contributed by atoms with E-state index < -0.39 is 24.4 Å². The number of aromatic nitrogens is 1. The van der Waals surface area contributed by atoms with Gasteiger partial charge in [0.25, 0.3) is 5.91 Å². The third-order valence-corrected chi connectivity index (χ3v) is 5.09. The number of thiazole rings is 1. The Labute approximate surface area is 171 Å². The lowest BCUT2D eigenvalue weighted by Crippen LogP contribution is -2.44. The molecule has 0 bridgehead atoms. The molecule has 2 aromatic rings. The van der Waals surface area contributed by atoms with Crippen LogP contribution in [0.1, 0.15) is 33.9 Å². The zero-order valence-corrected chi connectivity index (χ0v) is 16.6. The average Bonchev–Trinajstić information content (AvgIpc) is 3.32. The fourth-order valence-electron chi connectivity index (χ4n) is 2.78. The first-order valence-corrected chi connectivity index (χ1v) is 9.86. The molecule has 3 amide bonds. The van der Waals surface area contributed by atoms with E-state index in [4.69, 9.17) is 4.74 Å². The number of anilines is 1. The second-order valence-corrected chi connectivity index (χ2v) is 7.37. The monoisotopic (exact) mass is 416 g/mol. The molecule has 2 heterocycles. The molecule has 9 nitrogen and oxygen atoms in total. The van der Waals surface area contributed by atoms with Gasteiger partial charge >= 0.3 is 5.97 Å². The molecule has 0 spiro atoms. The number of carbonyl (C=O) groups is 4. The number of hydrogen-bond donors (Lipinski definition) is 2. The number of rotatable bonds is 6. The molecule has 1 aliphatic heterocycles. The van der Waals surface area contributed by atoms with Crippen LogP contribution in [-0.2, 0) is 25.5 Å². The van der Waals surface area contributed by atoms with Gasteiger partial charge in [-0.3, -0.25) is 25.2 Å². The van der Waals surface area contributed by atoms with Gasteiger partial charge in [-0.05, 0) is 31.5 Å². The second kappa shape index (κ2) is 9.28. The van der Waals surface area contributed by atoms with Crippen LogP contribution < -0.4 is 15.8 Å². The number of carbonyl (C=O) groups excluding carboxylic acids is 4. The Bertz CT molecular complexity index is 942. The lowest BCUT2D eigenvalue weighted by molar-refractivity contribution is -0.130. The van der Waals surface area contributed by atoms with Gasteiger partial charge in [0.15, 0.2) is 6.61 Å². The number of aryl methyl sites for hydroxylation is 1. The fourth-order valence-corrected chi connectivity index (χ4v) is 3.55. The van der Waals surface area contributed by atoms with E-state index in [0.29, 0.717) is 23.7 Å². The summed E-state index contributed by atoms with van der Waals surface area (Å²) in [5, 5.41) is 2.46. The molecule has 1 aromatic carbocycles. The van der Waals surface area contributed by atoms with Crippen LogP contribution in [0.25, 0.3) is 0 Å². The standard InChI is InChI=1S/C19H20N4O5S/c1-12-11-29-17(20-12)9-15(24)21-22-16(25)10-28-19(27)13-4-2-5-14(8-13)23-7-3-6-18(23)26/h2,4-5,8,11H,3,6-7,9-10H2,1H3,(H,21,24)(H,22,25). The SMILES string of the molecule is Cc1csc(CC(=O)NNC(=O)COC(=O)c2cccc(N3CCCC3=O)c2)n1. The molecule has 0 atom stereocenters. The molecule has 10 heteroatoms. The summed E-state index contributed by atoms with van der Waals surface area (Å²) in [4.78, 5) is 53.4. The van der Waals surface area contributed by atoms with Crippen molar-refractivity contribution in [2.24, 2.45) is 0 Å². The van der Waals surface area contributed by atoms with Crippen molar-refractivity contribution in [2.75, 3.05) is 18.1 Å². The maximum Gasteiger partial charge on any atom is 0.338 e. The minimum Gasteiger partial charge on any atom is -0.452 e. The Morgan fingerprint density at radius 1 is 1.24 bits per heavy atom. The molecule has 3 rings (SSSR count). The topological polar surface area (TPSA) is 118 Å². The predicted octanol–water partition coefficient (Wildman–Crippen LogP) is 1.13. The summed E-state index contributed by atoms with van der Waals surface area (Å²) >= 11 is 1.36. The van der Waals surface area contributed by atoms with Gasteiger partial charge in [-0.1, -0.05) is 6.07 Å². The van der Waals surface area contributed by atoms with Crippen LogP contribution in [0.15, 0.2) is 29.6 Å². The summed E-state index contributed by atoms with van der Waals surface area (Å²) in [5.41, 5.74) is 6.12. The molecule has 2 N–H and O–H groups in total. The van der Waals surface area contributed by atoms with E-state index in [1.165, 1.54) is 11.3 Å². The number of esters is 1. The van der Waals surface area contributed by atoms with Gasteiger partial charge in [-0.25, -0.2) is 9.78 Å². The molecule has 1 saturated heterocycles. The van der Waals surface area contributed by atoms with Crippen molar-refractivity contribution in [1.29, 1.82) is 0 Å². The van der Waals surface area contributed by atoms with Gasteiger partial charge in [-0.15, -0.1) is 11.3 Å². The molecule has 1 fully saturated rings. The number of amides is 3. The molecule has 0 aliphatic carbocycles. The molecule has 0 saturated carbocycles. The Balaban J connectivity index is 1.44. The third kappa shape index (κ3) is 5.61. The van der Waals surface area contributed by atoms with Gasteiger partial charge in [-0.2, -0.15) is 0 Å².